The van der Waals surface area contributed by atoms with Gasteiger partial charge in [-0.3, -0.25) is 4.90 Å². The Morgan fingerprint density at radius 1 is 1.40 bits per heavy atom. The lowest BCUT2D eigenvalue weighted by Gasteiger charge is -2.45. The lowest BCUT2D eigenvalue weighted by atomic mass is 9.74. The maximum absolute atomic E-state index is 5.62. The molecule has 0 unspecified atom stereocenters. The molecule has 2 aliphatic rings. The summed E-state index contributed by atoms with van der Waals surface area (Å²) in [5.41, 5.74) is 2.98. The van der Waals surface area contributed by atoms with Gasteiger partial charge >= 0.3 is 0 Å². The maximum atomic E-state index is 5.62. The molecule has 1 aromatic carbocycles. The predicted octanol–water partition coefficient (Wildman–Crippen LogP) is 3.80. The summed E-state index contributed by atoms with van der Waals surface area (Å²) in [4.78, 5) is 2.61. The summed E-state index contributed by atoms with van der Waals surface area (Å²) < 4.78 is 5.62. The Balaban J connectivity index is 0.00000147. The summed E-state index contributed by atoms with van der Waals surface area (Å²) in [6.45, 7) is 6.14. The first-order chi connectivity index (χ1) is 9.35. The largest absolute Gasteiger partial charge is 0.496 e. The molecule has 2 atom stereocenters. The Morgan fingerprint density at radius 3 is 3.00 bits per heavy atom. The van der Waals surface area contributed by atoms with Gasteiger partial charge in [0.25, 0.3) is 0 Å². The molecule has 0 radical (unpaired) electrons. The molecule has 3 heteroatoms. The van der Waals surface area contributed by atoms with Gasteiger partial charge in [0.2, 0.25) is 0 Å². The summed E-state index contributed by atoms with van der Waals surface area (Å²) in [5.74, 6) is 1.74. The molecule has 1 saturated heterocycles. The van der Waals surface area contributed by atoms with Gasteiger partial charge < -0.3 is 4.74 Å². The third-order valence-corrected chi connectivity index (χ3v) is 4.71. The zero-order valence-corrected chi connectivity index (χ0v) is 13.0. The number of methoxy groups -OCH3 is 1. The second-order valence-electron chi connectivity index (χ2n) is 5.67. The molecule has 0 amide bonds. The highest BCUT2D eigenvalue weighted by atomic mass is 35.5. The molecule has 1 aliphatic heterocycles. The SMILES string of the molecule is C=CCN1CCC[C@@H]2c3c(cccc3OC)CC[C@@H]21.Cl. The molecular weight excluding hydrogens is 270 g/mol. The molecule has 20 heavy (non-hydrogen) atoms. The van der Waals surface area contributed by atoms with Crippen molar-refractivity contribution in [1.82, 2.24) is 4.90 Å². The number of halogens is 1. The van der Waals surface area contributed by atoms with E-state index in [1.165, 1.54) is 43.4 Å². The van der Waals surface area contributed by atoms with Crippen molar-refractivity contribution < 1.29 is 4.74 Å². The molecule has 110 valence electrons. The smallest absolute Gasteiger partial charge is 0.122 e. The highest BCUT2D eigenvalue weighted by Gasteiger charge is 2.37. The molecule has 1 aromatic rings. The van der Waals surface area contributed by atoms with Crippen molar-refractivity contribution in [2.45, 2.75) is 37.6 Å². The molecule has 1 heterocycles. The number of hydrogen-bond donors (Lipinski definition) is 0. The zero-order chi connectivity index (χ0) is 13.2. The molecule has 2 nitrogen and oxygen atoms in total. The Morgan fingerprint density at radius 2 is 2.25 bits per heavy atom. The molecule has 1 fully saturated rings. The van der Waals surface area contributed by atoms with Crippen LogP contribution in [0, 0.1) is 0 Å². The summed E-state index contributed by atoms with van der Waals surface area (Å²) in [7, 11) is 1.80. The Hall–Kier alpha value is -0.990. The van der Waals surface area contributed by atoms with Crippen LogP contribution in [0.4, 0.5) is 0 Å². The normalized spacial score (nSPS) is 25.1. The van der Waals surface area contributed by atoms with E-state index in [0.29, 0.717) is 12.0 Å². The van der Waals surface area contributed by atoms with Crippen molar-refractivity contribution in [3.8, 4) is 5.75 Å². The summed E-state index contributed by atoms with van der Waals surface area (Å²) in [6, 6.07) is 7.20. The summed E-state index contributed by atoms with van der Waals surface area (Å²) in [6.07, 6.45) is 7.08. The van der Waals surface area contributed by atoms with Crippen LogP contribution >= 0.6 is 12.4 Å². The van der Waals surface area contributed by atoms with Crippen LogP contribution in [0.5, 0.6) is 5.75 Å². The Kier molecular flexibility index (Phi) is 5.11. The van der Waals surface area contributed by atoms with Crippen LogP contribution in [0.15, 0.2) is 30.9 Å². The van der Waals surface area contributed by atoms with E-state index in [4.69, 9.17) is 4.74 Å². The number of likely N-dealkylation sites (tertiary alicyclic amines) is 1. The molecule has 0 N–H and O–H groups in total. The van der Waals surface area contributed by atoms with Gasteiger partial charge in [-0.05, 0) is 43.9 Å². The predicted molar refractivity (Wildman–Crippen MR) is 86.1 cm³/mol. The fourth-order valence-corrected chi connectivity index (χ4v) is 3.95. The highest BCUT2D eigenvalue weighted by Crippen LogP contribution is 2.44. The third-order valence-electron chi connectivity index (χ3n) is 4.71. The van der Waals surface area contributed by atoms with E-state index in [-0.39, 0.29) is 12.4 Å². The average Bonchev–Trinajstić information content (AvgIpc) is 2.47. The standard InChI is InChI=1S/C17H23NO.ClH/c1-3-11-18-12-5-7-14-15(18)10-9-13-6-4-8-16(19-2)17(13)14;/h3-4,6,8,14-15H,1,5,7,9-12H2,2H3;1H/t14-,15-;/m0./s1. The van der Waals surface area contributed by atoms with Crippen LogP contribution in [0.1, 0.15) is 36.3 Å². The Bertz CT molecular complexity index is 460. The van der Waals surface area contributed by atoms with E-state index >= 15 is 0 Å². The number of rotatable bonds is 3. The van der Waals surface area contributed by atoms with Gasteiger partial charge in [-0.15, -0.1) is 19.0 Å². The van der Waals surface area contributed by atoms with Gasteiger partial charge in [0.05, 0.1) is 7.11 Å². The van der Waals surface area contributed by atoms with Crippen LogP contribution in [0.25, 0.3) is 0 Å². The first-order valence-electron chi connectivity index (χ1n) is 7.36. The third kappa shape index (κ3) is 2.59. The van der Waals surface area contributed by atoms with Crippen molar-refractivity contribution in [1.29, 1.82) is 0 Å². The van der Waals surface area contributed by atoms with Crippen LogP contribution in [-0.2, 0) is 6.42 Å². The van der Waals surface area contributed by atoms with Crippen molar-refractivity contribution >= 4 is 12.4 Å². The molecule has 0 aromatic heterocycles. The van der Waals surface area contributed by atoms with E-state index in [2.05, 4.69) is 29.7 Å². The summed E-state index contributed by atoms with van der Waals surface area (Å²) >= 11 is 0. The van der Waals surface area contributed by atoms with Crippen molar-refractivity contribution in [2.24, 2.45) is 0 Å². The molecule has 1 aliphatic carbocycles. The molecule has 0 saturated carbocycles. The van der Waals surface area contributed by atoms with E-state index in [9.17, 15) is 0 Å². The van der Waals surface area contributed by atoms with Gasteiger partial charge in [0.1, 0.15) is 5.75 Å². The van der Waals surface area contributed by atoms with Gasteiger partial charge in [0.15, 0.2) is 0 Å². The highest BCUT2D eigenvalue weighted by molar-refractivity contribution is 5.85. The number of piperidine rings is 1. The number of ether oxygens (including phenoxy) is 1. The fraction of sp³-hybridized carbons (Fsp3) is 0.529. The monoisotopic (exact) mass is 293 g/mol. The van der Waals surface area contributed by atoms with Crippen LogP contribution < -0.4 is 4.74 Å². The minimum absolute atomic E-state index is 0. The molecule has 0 bridgehead atoms. The van der Waals surface area contributed by atoms with E-state index in [1.807, 2.05) is 6.08 Å². The topological polar surface area (TPSA) is 12.5 Å². The molecule has 0 spiro atoms. The van der Waals surface area contributed by atoms with Gasteiger partial charge in [-0.2, -0.15) is 0 Å². The zero-order valence-electron chi connectivity index (χ0n) is 12.2. The second-order valence-corrected chi connectivity index (χ2v) is 5.67. The number of benzene rings is 1. The lowest BCUT2D eigenvalue weighted by molar-refractivity contribution is 0.125. The summed E-state index contributed by atoms with van der Waals surface area (Å²) in [5, 5.41) is 0. The number of nitrogens with zero attached hydrogens (tertiary/aromatic N) is 1. The lowest BCUT2D eigenvalue weighted by Crippen LogP contribution is -2.46. The van der Waals surface area contributed by atoms with Crippen LogP contribution in [-0.4, -0.2) is 31.1 Å². The number of fused-ring (bicyclic) bond motifs is 3. The number of aryl methyl sites for hydroxylation is 1. The van der Waals surface area contributed by atoms with Crippen molar-refractivity contribution in [3.05, 3.63) is 42.0 Å². The minimum atomic E-state index is 0. The average molecular weight is 294 g/mol. The minimum Gasteiger partial charge on any atom is -0.496 e. The van der Waals surface area contributed by atoms with E-state index in [1.54, 1.807) is 7.11 Å². The maximum Gasteiger partial charge on any atom is 0.122 e. The number of hydrogen-bond acceptors (Lipinski definition) is 2. The molecule has 3 rings (SSSR count). The Labute approximate surface area is 128 Å². The molecular formula is C17H24ClNO. The first-order valence-corrected chi connectivity index (χ1v) is 7.36. The van der Waals surface area contributed by atoms with E-state index in [0.717, 1.165) is 12.3 Å². The van der Waals surface area contributed by atoms with Crippen molar-refractivity contribution in [2.75, 3.05) is 20.2 Å². The van der Waals surface area contributed by atoms with Crippen LogP contribution in [0.3, 0.4) is 0 Å². The second kappa shape index (κ2) is 6.64. The quantitative estimate of drug-likeness (QED) is 0.786. The van der Waals surface area contributed by atoms with E-state index < -0.39 is 0 Å². The van der Waals surface area contributed by atoms with Gasteiger partial charge in [-0.1, -0.05) is 18.2 Å². The van der Waals surface area contributed by atoms with Crippen LogP contribution in [0.2, 0.25) is 0 Å². The first kappa shape index (κ1) is 15.4. The van der Waals surface area contributed by atoms with Crippen molar-refractivity contribution in [3.63, 3.8) is 0 Å². The fourth-order valence-electron chi connectivity index (χ4n) is 3.95. The van der Waals surface area contributed by atoms with Gasteiger partial charge in [0, 0.05) is 24.1 Å². The van der Waals surface area contributed by atoms with Gasteiger partial charge in [-0.25, -0.2) is 0 Å².